The van der Waals surface area contributed by atoms with Gasteiger partial charge in [-0.05, 0) is 24.0 Å². The van der Waals surface area contributed by atoms with Crippen molar-refractivity contribution in [2.75, 3.05) is 18.1 Å². The number of carboxylic acids is 1. The Kier molecular flexibility index (Phi) is 5.11. The Morgan fingerprint density at radius 3 is 2.88 bits per heavy atom. The maximum Gasteiger partial charge on any atom is 0.335 e. The summed E-state index contributed by atoms with van der Waals surface area (Å²) in [5, 5.41) is 8.64. The van der Waals surface area contributed by atoms with Gasteiger partial charge < -0.3 is 9.84 Å². The molecule has 0 bridgehead atoms. The molecule has 3 nitrogen and oxygen atoms in total. The molecule has 0 amide bonds. The Balaban J connectivity index is 2.57. The van der Waals surface area contributed by atoms with Crippen molar-refractivity contribution >= 4 is 17.7 Å². The van der Waals surface area contributed by atoms with E-state index in [0.29, 0.717) is 6.61 Å². The average molecular weight is 244 g/mol. The highest BCUT2D eigenvalue weighted by Gasteiger charge is 2.08. The third-order valence-electron chi connectivity index (χ3n) is 1.87. The predicted octanol–water partition coefficient (Wildman–Crippen LogP) is 2.66. The monoisotopic (exact) mass is 244 g/mol. The van der Waals surface area contributed by atoms with Crippen LogP contribution < -0.4 is 4.74 Å². The molecule has 0 aliphatic carbocycles. The van der Waals surface area contributed by atoms with Crippen molar-refractivity contribution in [3.8, 4) is 5.75 Å². The quantitative estimate of drug-likeness (QED) is 0.781. The summed E-state index contributed by atoms with van der Waals surface area (Å²) in [5.74, 6) is 0.0931. The third kappa shape index (κ3) is 3.73. The van der Waals surface area contributed by atoms with Crippen LogP contribution in [0.3, 0.4) is 0 Å². The van der Waals surface area contributed by atoms with Crippen molar-refractivity contribution in [1.29, 1.82) is 0 Å². The Labute approximate surface area is 97.6 Å². The van der Waals surface area contributed by atoms with Gasteiger partial charge in [0.2, 0.25) is 0 Å². The molecular weight excluding hydrogens is 231 g/mol. The number of carboxylic acid groups (broad SMARTS) is 1. The van der Waals surface area contributed by atoms with Crippen molar-refractivity contribution in [1.82, 2.24) is 0 Å². The summed E-state index contributed by atoms with van der Waals surface area (Å²) in [6, 6.07) is 3.63. The molecule has 0 aliphatic rings. The molecule has 16 heavy (non-hydrogen) atoms. The summed E-state index contributed by atoms with van der Waals surface area (Å²) in [5.41, 5.74) is -0.0761. The van der Waals surface area contributed by atoms with Crippen molar-refractivity contribution < 1.29 is 19.0 Å². The summed E-state index contributed by atoms with van der Waals surface area (Å²) in [6.45, 7) is 2.45. The molecule has 1 N–H and O–H groups in total. The summed E-state index contributed by atoms with van der Waals surface area (Å²) < 4.78 is 18.5. The minimum absolute atomic E-state index is 0.0761. The van der Waals surface area contributed by atoms with Gasteiger partial charge in [-0.15, -0.1) is 0 Å². The van der Waals surface area contributed by atoms with Gasteiger partial charge in [0, 0.05) is 5.75 Å². The number of hydrogen-bond acceptors (Lipinski definition) is 3. The van der Waals surface area contributed by atoms with Crippen LogP contribution in [0.15, 0.2) is 18.2 Å². The molecule has 0 heterocycles. The zero-order valence-corrected chi connectivity index (χ0v) is 9.72. The van der Waals surface area contributed by atoms with E-state index in [2.05, 4.69) is 0 Å². The van der Waals surface area contributed by atoms with Crippen LogP contribution in [0.4, 0.5) is 4.39 Å². The van der Waals surface area contributed by atoms with Crippen molar-refractivity contribution in [2.24, 2.45) is 0 Å². The zero-order chi connectivity index (χ0) is 12.0. The SMILES string of the molecule is CCSCCOc1ccc(C(=O)O)cc1F. The minimum Gasteiger partial charge on any atom is -0.490 e. The van der Waals surface area contributed by atoms with Crippen LogP contribution in [0.25, 0.3) is 0 Å². The predicted molar refractivity (Wildman–Crippen MR) is 61.9 cm³/mol. The van der Waals surface area contributed by atoms with Gasteiger partial charge >= 0.3 is 5.97 Å². The Bertz CT molecular complexity index is 368. The van der Waals surface area contributed by atoms with Gasteiger partial charge in [0.1, 0.15) is 0 Å². The van der Waals surface area contributed by atoms with Crippen LogP contribution >= 0.6 is 11.8 Å². The zero-order valence-electron chi connectivity index (χ0n) is 8.90. The molecule has 0 aliphatic heterocycles. The van der Waals surface area contributed by atoms with Gasteiger partial charge in [-0.2, -0.15) is 11.8 Å². The lowest BCUT2D eigenvalue weighted by Gasteiger charge is -2.06. The summed E-state index contributed by atoms with van der Waals surface area (Å²) >= 11 is 1.70. The van der Waals surface area contributed by atoms with Crippen molar-refractivity contribution in [3.63, 3.8) is 0 Å². The summed E-state index contributed by atoms with van der Waals surface area (Å²) in [4.78, 5) is 10.6. The van der Waals surface area contributed by atoms with E-state index in [1.165, 1.54) is 12.1 Å². The second kappa shape index (κ2) is 6.37. The van der Waals surface area contributed by atoms with E-state index < -0.39 is 11.8 Å². The summed E-state index contributed by atoms with van der Waals surface area (Å²) in [7, 11) is 0. The number of benzene rings is 1. The van der Waals surface area contributed by atoms with Crippen LogP contribution in [-0.2, 0) is 0 Å². The number of carbonyl (C=O) groups is 1. The fourth-order valence-electron chi connectivity index (χ4n) is 1.11. The van der Waals surface area contributed by atoms with E-state index in [9.17, 15) is 9.18 Å². The lowest BCUT2D eigenvalue weighted by Crippen LogP contribution is -2.03. The van der Waals surface area contributed by atoms with E-state index in [1.54, 1.807) is 11.8 Å². The van der Waals surface area contributed by atoms with Gasteiger partial charge in [-0.3, -0.25) is 0 Å². The highest BCUT2D eigenvalue weighted by Crippen LogP contribution is 2.18. The molecule has 0 unspecified atom stereocenters. The second-order valence-electron chi connectivity index (χ2n) is 3.00. The van der Waals surface area contributed by atoms with Gasteiger partial charge in [0.05, 0.1) is 12.2 Å². The fourth-order valence-corrected chi connectivity index (χ4v) is 1.60. The Hall–Kier alpha value is -1.23. The Morgan fingerprint density at radius 2 is 2.31 bits per heavy atom. The smallest absolute Gasteiger partial charge is 0.335 e. The third-order valence-corrected chi connectivity index (χ3v) is 2.73. The Morgan fingerprint density at radius 1 is 1.56 bits per heavy atom. The fraction of sp³-hybridized carbons (Fsp3) is 0.364. The molecule has 1 rings (SSSR count). The largest absolute Gasteiger partial charge is 0.490 e. The second-order valence-corrected chi connectivity index (χ2v) is 4.39. The van der Waals surface area contributed by atoms with Gasteiger partial charge in [0.25, 0.3) is 0 Å². The maximum atomic E-state index is 13.3. The lowest BCUT2D eigenvalue weighted by atomic mass is 10.2. The number of hydrogen-bond donors (Lipinski definition) is 1. The van der Waals surface area contributed by atoms with Crippen LogP contribution in [0.5, 0.6) is 5.75 Å². The highest BCUT2D eigenvalue weighted by molar-refractivity contribution is 7.99. The molecule has 0 saturated heterocycles. The lowest BCUT2D eigenvalue weighted by molar-refractivity contribution is 0.0696. The number of rotatable bonds is 6. The van der Waals surface area contributed by atoms with Gasteiger partial charge in [0.15, 0.2) is 11.6 Å². The number of ether oxygens (including phenoxy) is 1. The van der Waals surface area contributed by atoms with E-state index in [4.69, 9.17) is 9.84 Å². The average Bonchev–Trinajstić information content (AvgIpc) is 2.26. The van der Waals surface area contributed by atoms with E-state index in [-0.39, 0.29) is 11.3 Å². The summed E-state index contributed by atoms with van der Waals surface area (Å²) in [6.07, 6.45) is 0. The first-order valence-electron chi connectivity index (χ1n) is 4.88. The molecule has 88 valence electrons. The van der Waals surface area contributed by atoms with Crippen LogP contribution in [0.2, 0.25) is 0 Å². The number of aromatic carboxylic acids is 1. The first-order valence-corrected chi connectivity index (χ1v) is 6.04. The molecule has 0 saturated carbocycles. The van der Waals surface area contributed by atoms with Crippen molar-refractivity contribution in [3.05, 3.63) is 29.6 Å². The van der Waals surface area contributed by atoms with Crippen LogP contribution in [0, 0.1) is 5.82 Å². The normalized spacial score (nSPS) is 10.1. The molecule has 0 atom stereocenters. The van der Waals surface area contributed by atoms with Gasteiger partial charge in [-0.1, -0.05) is 6.92 Å². The van der Waals surface area contributed by atoms with E-state index in [0.717, 1.165) is 17.6 Å². The van der Waals surface area contributed by atoms with E-state index in [1.807, 2.05) is 6.92 Å². The molecule has 5 heteroatoms. The first kappa shape index (κ1) is 12.8. The molecule has 0 radical (unpaired) electrons. The first-order chi connectivity index (χ1) is 7.65. The molecule has 1 aromatic carbocycles. The van der Waals surface area contributed by atoms with E-state index >= 15 is 0 Å². The topological polar surface area (TPSA) is 46.5 Å². The molecule has 0 aromatic heterocycles. The molecule has 1 aromatic rings. The van der Waals surface area contributed by atoms with Gasteiger partial charge in [-0.25, -0.2) is 9.18 Å². The standard InChI is InChI=1S/C11H13FO3S/c1-2-16-6-5-15-10-4-3-8(11(13)14)7-9(10)12/h3-4,7H,2,5-6H2,1H3,(H,13,14). The van der Waals surface area contributed by atoms with Crippen LogP contribution in [-0.4, -0.2) is 29.2 Å². The van der Waals surface area contributed by atoms with Crippen LogP contribution in [0.1, 0.15) is 17.3 Å². The molecule has 0 spiro atoms. The minimum atomic E-state index is -1.15. The maximum absolute atomic E-state index is 13.3. The highest BCUT2D eigenvalue weighted by atomic mass is 32.2. The number of halogens is 1. The van der Waals surface area contributed by atoms with Crippen molar-refractivity contribution in [2.45, 2.75) is 6.92 Å². The number of thioether (sulfide) groups is 1. The molecule has 0 fully saturated rings. The molecular formula is C11H13FO3S.